The van der Waals surface area contributed by atoms with Crippen LogP contribution in [0, 0.1) is 0 Å². The lowest BCUT2D eigenvalue weighted by atomic mass is 10.0. The number of carbonyl (C=O) groups is 2. The lowest BCUT2D eigenvalue weighted by Crippen LogP contribution is -2.46. The van der Waals surface area contributed by atoms with Gasteiger partial charge in [0, 0.05) is 5.69 Å². The number of ether oxygens (including phenoxy) is 1. The van der Waals surface area contributed by atoms with Crippen molar-refractivity contribution in [2.75, 3.05) is 26.0 Å². The maximum Gasteiger partial charge on any atom is 0.238 e. The first-order valence-corrected chi connectivity index (χ1v) is 9.94. The van der Waals surface area contributed by atoms with Gasteiger partial charge in [0.05, 0.1) is 25.7 Å². The van der Waals surface area contributed by atoms with Crippen molar-refractivity contribution in [3.05, 3.63) is 60.2 Å². The number of benzene rings is 2. The summed E-state index contributed by atoms with van der Waals surface area (Å²) in [6.45, 7) is 4.02. The number of carbonyl (C=O) groups excluding carboxylic acids is 2. The van der Waals surface area contributed by atoms with E-state index in [0.29, 0.717) is 5.69 Å². The number of hydrogen-bond acceptors (Lipinski definition) is 4. The Morgan fingerprint density at radius 2 is 1.72 bits per heavy atom. The molecule has 0 unspecified atom stereocenters. The molecule has 0 heterocycles. The summed E-state index contributed by atoms with van der Waals surface area (Å²) >= 11 is 0. The maximum atomic E-state index is 12.8. The Balaban J connectivity index is 1.90. The molecule has 0 bridgehead atoms. The van der Waals surface area contributed by atoms with Gasteiger partial charge in [-0.05, 0) is 50.2 Å². The minimum Gasteiger partial charge on any atom is -0.497 e. The van der Waals surface area contributed by atoms with Crippen LogP contribution >= 0.6 is 0 Å². The average molecular weight is 398 g/mol. The molecule has 29 heavy (non-hydrogen) atoms. The molecule has 2 rings (SSSR count). The summed E-state index contributed by atoms with van der Waals surface area (Å²) in [6.07, 6.45) is 1.83. The molecule has 0 aliphatic heterocycles. The Kier molecular flexibility index (Phi) is 8.68. The Morgan fingerprint density at radius 3 is 2.31 bits per heavy atom. The van der Waals surface area contributed by atoms with E-state index in [9.17, 15) is 9.59 Å². The predicted octanol–water partition coefficient (Wildman–Crippen LogP) is 3.61. The van der Waals surface area contributed by atoms with Gasteiger partial charge in [0.1, 0.15) is 5.75 Å². The van der Waals surface area contributed by atoms with Gasteiger partial charge in [-0.3, -0.25) is 14.5 Å². The smallest absolute Gasteiger partial charge is 0.238 e. The standard InChI is InChI=1S/C23H31N3O3/c1-5-9-21(18-10-7-6-8-11-18)25-23(28)17(2)26(3)16-22(27)24-19-12-14-20(29-4)15-13-19/h6-8,10-15,17,21H,5,9,16H2,1-4H3,(H,24,27)(H,25,28)/t17-,21-/m1/s1. The molecule has 0 saturated heterocycles. The summed E-state index contributed by atoms with van der Waals surface area (Å²) in [4.78, 5) is 26.8. The molecule has 0 fully saturated rings. The maximum absolute atomic E-state index is 12.8. The molecule has 0 spiro atoms. The van der Waals surface area contributed by atoms with Crippen molar-refractivity contribution >= 4 is 17.5 Å². The third-order valence-electron chi connectivity index (χ3n) is 4.90. The van der Waals surface area contributed by atoms with E-state index < -0.39 is 6.04 Å². The molecule has 2 aromatic rings. The highest BCUT2D eigenvalue weighted by Gasteiger charge is 2.23. The second kappa shape index (κ2) is 11.2. The van der Waals surface area contributed by atoms with Crippen LogP contribution in [0.3, 0.4) is 0 Å². The first kappa shape index (κ1) is 22.4. The normalized spacial score (nSPS) is 12.9. The molecule has 6 nitrogen and oxygen atoms in total. The van der Waals surface area contributed by atoms with Crippen LogP contribution in [-0.4, -0.2) is 43.5 Å². The molecule has 0 saturated carbocycles. The monoisotopic (exact) mass is 397 g/mol. The van der Waals surface area contributed by atoms with Crippen LogP contribution < -0.4 is 15.4 Å². The van der Waals surface area contributed by atoms with Gasteiger partial charge in [-0.1, -0.05) is 43.7 Å². The van der Waals surface area contributed by atoms with Crippen molar-refractivity contribution in [3.8, 4) is 5.75 Å². The third-order valence-corrected chi connectivity index (χ3v) is 4.90. The van der Waals surface area contributed by atoms with E-state index in [0.717, 1.165) is 24.2 Å². The Morgan fingerprint density at radius 1 is 1.07 bits per heavy atom. The first-order valence-electron chi connectivity index (χ1n) is 9.94. The van der Waals surface area contributed by atoms with Crippen molar-refractivity contribution in [1.82, 2.24) is 10.2 Å². The fraction of sp³-hybridized carbons (Fsp3) is 0.391. The van der Waals surface area contributed by atoms with E-state index in [1.54, 1.807) is 43.3 Å². The summed E-state index contributed by atoms with van der Waals surface area (Å²) in [5, 5.41) is 5.96. The van der Waals surface area contributed by atoms with Crippen molar-refractivity contribution in [3.63, 3.8) is 0 Å². The van der Waals surface area contributed by atoms with Gasteiger partial charge in [0.15, 0.2) is 0 Å². The summed E-state index contributed by atoms with van der Waals surface area (Å²) in [5.41, 5.74) is 1.78. The molecule has 156 valence electrons. The van der Waals surface area contributed by atoms with E-state index in [1.165, 1.54) is 0 Å². The molecule has 6 heteroatoms. The Labute approximate surface area is 173 Å². The van der Waals surface area contributed by atoms with Crippen LogP contribution in [-0.2, 0) is 9.59 Å². The van der Waals surface area contributed by atoms with Crippen LogP contribution in [0.4, 0.5) is 5.69 Å². The summed E-state index contributed by atoms with van der Waals surface area (Å²) in [5.74, 6) is 0.461. The number of nitrogens with zero attached hydrogens (tertiary/aromatic N) is 1. The van der Waals surface area contributed by atoms with Gasteiger partial charge >= 0.3 is 0 Å². The lowest BCUT2D eigenvalue weighted by Gasteiger charge is -2.26. The van der Waals surface area contributed by atoms with Crippen molar-refractivity contribution in [2.24, 2.45) is 0 Å². The number of anilines is 1. The van der Waals surface area contributed by atoms with Gasteiger partial charge < -0.3 is 15.4 Å². The highest BCUT2D eigenvalue weighted by molar-refractivity contribution is 5.92. The molecule has 2 aromatic carbocycles. The molecule has 2 N–H and O–H groups in total. The molecule has 2 atom stereocenters. The number of hydrogen-bond donors (Lipinski definition) is 2. The van der Waals surface area contributed by atoms with Crippen LogP contribution in [0.5, 0.6) is 5.75 Å². The van der Waals surface area contributed by atoms with Crippen molar-refractivity contribution < 1.29 is 14.3 Å². The first-order chi connectivity index (χ1) is 13.9. The summed E-state index contributed by atoms with van der Waals surface area (Å²) in [6, 6.07) is 16.6. The Hall–Kier alpha value is -2.86. The number of methoxy groups -OCH3 is 1. The van der Waals surface area contributed by atoms with Crippen molar-refractivity contribution in [2.45, 2.75) is 38.8 Å². The van der Waals surface area contributed by atoms with Crippen molar-refractivity contribution in [1.29, 1.82) is 0 Å². The SMILES string of the molecule is CCC[C@@H](NC(=O)[C@@H](C)N(C)CC(=O)Nc1ccc(OC)cc1)c1ccccc1. The molecule has 0 aliphatic rings. The van der Waals surface area contributed by atoms with E-state index >= 15 is 0 Å². The topological polar surface area (TPSA) is 70.7 Å². The molecule has 0 aliphatic carbocycles. The number of nitrogens with one attached hydrogen (secondary N) is 2. The largest absolute Gasteiger partial charge is 0.497 e. The second-order valence-electron chi connectivity index (χ2n) is 7.13. The van der Waals surface area contributed by atoms with Gasteiger partial charge in [-0.15, -0.1) is 0 Å². The van der Waals surface area contributed by atoms with Gasteiger partial charge in [0.25, 0.3) is 0 Å². The van der Waals surface area contributed by atoms with Crippen LogP contribution in [0.25, 0.3) is 0 Å². The number of rotatable bonds is 10. The highest BCUT2D eigenvalue weighted by Crippen LogP contribution is 2.19. The van der Waals surface area contributed by atoms with E-state index in [4.69, 9.17) is 4.74 Å². The summed E-state index contributed by atoms with van der Waals surface area (Å²) < 4.78 is 5.11. The highest BCUT2D eigenvalue weighted by atomic mass is 16.5. The van der Waals surface area contributed by atoms with Crippen LogP contribution in [0.15, 0.2) is 54.6 Å². The molecule has 0 aromatic heterocycles. The zero-order chi connectivity index (χ0) is 21.2. The van der Waals surface area contributed by atoms with Gasteiger partial charge in [0.2, 0.25) is 11.8 Å². The molecule has 2 amide bonds. The third kappa shape index (κ3) is 6.91. The zero-order valence-corrected chi connectivity index (χ0v) is 17.6. The Bertz CT molecular complexity index is 778. The number of likely N-dealkylation sites (N-methyl/N-ethyl adjacent to an activating group) is 1. The molecular weight excluding hydrogens is 366 g/mol. The van der Waals surface area contributed by atoms with Gasteiger partial charge in [-0.25, -0.2) is 0 Å². The average Bonchev–Trinajstić information content (AvgIpc) is 2.73. The summed E-state index contributed by atoms with van der Waals surface area (Å²) in [7, 11) is 3.37. The van der Waals surface area contributed by atoms with Gasteiger partial charge in [-0.2, -0.15) is 0 Å². The zero-order valence-electron chi connectivity index (χ0n) is 17.6. The van der Waals surface area contributed by atoms with E-state index in [2.05, 4.69) is 17.6 Å². The predicted molar refractivity (Wildman–Crippen MR) is 116 cm³/mol. The molecular formula is C23H31N3O3. The minimum atomic E-state index is -0.431. The second-order valence-corrected chi connectivity index (χ2v) is 7.13. The molecule has 0 radical (unpaired) electrons. The van der Waals surface area contributed by atoms with Crippen LogP contribution in [0.2, 0.25) is 0 Å². The fourth-order valence-electron chi connectivity index (χ4n) is 3.03. The minimum absolute atomic E-state index is 0.0299. The van der Waals surface area contributed by atoms with Crippen LogP contribution in [0.1, 0.15) is 38.3 Å². The van der Waals surface area contributed by atoms with E-state index in [1.807, 2.05) is 37.3 Å². The fourth-order valence-corrected chi connectivity index (χ4v) is 3.03. The quantitative estimate of drug-likeness (QED) is 0.642. The lowest BCUT2D eigenvalue weighted by molar-refractivity contribution is -0.127. The van der Waals surface area contributed by atoms with E-state index in [-0.39, 0.29) is 24.4 Å². The number of amides is 2.